The van der Waals surface area contributed by atoms with Crippen LogP contribution in [0.25, 0.3) is 0 Å². The predicted octanol–water partition coefficient (Wildman–Crippen LogP) is 3.96. The lowest BCUT2D eigenvalue weighted by atomic mass is 9.79. The van der Waals surface area contributed by atoms with E-state index in [4.69, 9.17) is 0 Å². The van der Waals surface area contributed by atoms with Crippen LogP contribution in [0.5, 0.6) is 0 Å². The molecule has 1 aromatic rings. The second-order valence-electron chi connectivity index (χ2n) is 4.99. The molecular weight excluding hydrogens is 196 g/mol. The molecule has 0 spiro atoms. The van der Waals surface area contributed by atoms with Crippen molar-refractivity contribution in [2.45, 2.75) is 57.5 Å². The average molecular weight is 218 g/mol. The van der Waals surface area contributed by atoms with Crippen LogP contribution < -0.4 is 0 Å². The van der Waals surface area contributed by atoms with Crippen molar-refractivity contribution in [3.05, 3.63) is 35.4 Å². The van der Waals surface area contributed by atoms with Crippen molar-refractivity contribution in [1.82, 2.24) is 0 Å². The van der Waals surface area contributed by atoms with Crippen molar-refractivity contribution in [2.24, 2.45) is 0 Å². The van der Waals surface area contributed by atoms with E-state index >= 15 is 0 Å². The Morgan fingerprint density at radius 3 is 2.06 bits per heavy atom. The standard InChI is InChI=1S/C15H22O/c1-3-15(16,4-2)14-10-8-13(9-11-14)12-6-5-7-12/h8-12,16H,3-7H2,1-2H3. The summed E-state index contributed by atoms with van der Waals surface area (Å²) in [7, 11) is 0. The molecule has 1 N–H and O–H groups in total. The first-order valence-corrected chi connectivity index (χ1v) is 6.52. The van der Waals surface area contributed by atoms with E-state index in [0.29, 0.717) is 0 Å². The summed E-state index contributed by atoms with van der Waals surface area (Å²) < 4.78 is 0. The number of hydrogen-bond acceptors (Lipinski definition) is 1. The lowest BCUT2D eigenvalue weighted by Crippen LogP contribution is -2.23. The molecule has 1 fully saturated rings. The maximum atomic E-state index is 10.4. The summed E-state index contributed by atoms with van der Waals surface area (Å²) >= 11 is 0. The van der Waals surface area contributed by atoms with Crippen LogP contribution in [0.4, 0.5) is 0 Å². The highest BCUT2D eigenvalue weighted by Crippen LogP contribution is 2.37. The van der Waals surface area contributed by atoms with Gasteiger partial charge in [0.25, 0.3) is 0 Å². The van der Waals surface area contributed by atoms with Crippen molar-refractivity contribution < 1.29 is 5.11 Å². The maximum absolute atomic E-state index is 10.4. The van der Waals surface area contributed by atoms with E-state index in [1.165, 1.54) is 24.8 Å². The topological polar surface area (TPSA) is 20.2 Å². The Morgan fingerprint density at radius 2 is 1.69 bits per heavy atom. The van der Waals surface area contributed by atoms with E-state index in [2.05, 4.69) is 24.3 Å². The minimum Gasteiger partial charge on any atom is -0.385 e. The fourth-order valence-electron chi connectivity index (χ4n) is 2.47. The van der Waals surface area contributed by atoms with E-state index in [1.807, 2.05) is 13.8 Å². The van der Waals surface area contributed by atoms with Gasteiger partial charge in [0.1, 0.15) is 0 Å². The molecule has 0 aliphatic heterocycles. The molecule has 0 radical (unpaired) electrons. The molecule has 2 rings (SSSR count). The summed E-state index contributed by atoms with van der Waals surface area (Å²) in [4.78, 5) is 0. The normalized spacial score (nSPS) is 17.2. The van der Waals surface area contributed by atoms with E-state index in [9.17, 15) is 5.11 Å². The summed E-state index contributed by atoms with van der Waals surface area (Å²) in [6.07, 6.45) is 5.62. The van der Waals surface area contributed by atoms with Crippen molar-refractivity contribution in [3.8, 4) is 0 Å². The van der Waals surface area contributed by atoms with Crippen molar-refractivity contribution in [2.75, 3.05) is 0 Å². The molecule has 1 saturated carbocycles. The van der Waals surface area contributed by atoms with Gasteiger partial charge in [0.05, 0.1) is 5.60 Å². The summed E-state index contributed by atoms with van der Waals surface area (Å²) in [5.74, 6) is 0.783. The molecule has 1 aromatic carbocycles. The molecule has 1 nitrogen and oxygen atoms in total. The molecule has 1 aliphatic carbocycles. The zero-order chi connectivity index (χ0) is 11.6. The van der Waals surface area contributed by atoms with Crippen molar-refractivity contribution >= 4 is 0 Å². The Labute approximate surface area is 98.5 Å². The van der Waals surface area contributed by atoms with Gasteiger partial charge in [0, 0.05) is 0 Å². The zero-order valence-corrected chi connectivity index (χ0v) is 10.4. The average Bonchev–Trinajstić information content (AvgIpc) is 2.27. The van der Waals surface area contributed by atoms with Crippen LogP contribution in [0.2, 0.25) is 0 Å². The smallest absolute Gasteiger partial charge is 0.0891 e. The fraction of sp³-hybridized carbons (Fsp3) is 0.600. The van der Waals surface area contributed by atoms with Gasteiger partial charge in [-0.25, -0.2) is 0 Å². The van der Waals surface area contributed by atoms with Crippen LogP contribution in [0.1, 0.15) is 63.0 Å². The van der Waals surface area contributed by atoms with Gasteiger partial charge in [0.2, 0.25) is 0 Å². The lowest BCUT2D eigenvalue weighted by molar-refractivity contribution is 0.0283. The van der Waals surface area contributed by atoms with E-state index in [0.717, 1.165) is 24.3 Å². The first kappa shape index (κ1) is 11.7. The minimum absolute atomic E-state index is 0.627. The molecule has 16 heavy (non-hydrogen) atoms. The fourth-order valence-corrected chi connectivity index (χ4v) is 2.47. The molecule has 0 saturated heterocycles. The van der Waals surface area contributed by atoms with Gasteiger partial charge in [-0.3, -0.25) is 0 Å². The van der Waals surface area contributed by atoms with Crippen LogP contribution in [0.3, 0.4) is 0 Å². The Morgan fingerprint density at radius 1 is 1.12 bits per heavy atom. The molecule has 0 unspecified atom stereocenters. The highest BCUT2D eigenvalue weighted by atomic mass is 16.3. The second-order valence-corrected chi connectivity index (χ2v) is 4.99. The summed E-state index contributed by atoms with van der Waals surface area (Å²) in [6.45, 7) is 4.09. The molecule has 1 heteroatoms. The largest absolute Gasteiger partial charge is 0.385 e. The maximum Gasteiger partial charge on any atom is 0.0891 e. The lowest BCUT2D eigenvalue weighted by Gasteiger charge is -2.28. The Hall–Kier alpha value is -0.820. The summed E-state index contributed by atoms with van der Waals surface area (Å²) in [5, 5.41) is 10.4. The van der Waals surface area contributed by atoms with E-state index in [-0.39, 0.29) is 0 Å². The van der Waals surface area contributed by atoms with E-state index in [1.54, 1.807) is 0 Å². The number of aliphatic hydroxyl groups is 1. The molecular formula is C15H22O. The Balaban J connectivity index is 2.17. The first-order valence-electron chi connectivity index (χ1n) is 6.52. The van der Waals surface area contributed by atoms with Crippen LogP contribution >= 0.6 is 0 Å². The third-order valence-corrected chi connectivity index (χ3v) is 4.19. The van der Waals surface area contributed by atoms with Crippen molar-refractivity contribution in [3.63, 3.8) is 0 Å². The second kappa shape index (κ2) is 4.58. The van der Waals surface area contributed by atoms with Crippen LogP contribution in [0.15, 0.2) is 24.3 Å². The monoisotopic (exact) mass is 218 g/mol. The van der Waals surface area contributed by atoms with Gasteiger partial charge in [0.15, 0.2) is 0 Å². The number of benzene rings is 1. The third kappa shape index (κ3) is 2.01. The molecule has 88 valence electrons. The number of hydrogen-bond donors (Lipinski definition) is 1. The van der Waals surface area contributed by atoms with Gasteiger partial charge in [-0.05, 0) is 42.7 Å². The SMILES string of the molecule is CCC(O)(CC)c1ccc(C2CCC2)cc1. The predicted molar refractivity (Wildman–Crippen MR) is 67.5 cm³/mol. The Kier molecular flexibility index (Phi) is 3.34. The molecule has 0 heterocycles. The van der Waals surface area contributed by atoms with Crippen LogP contribution in [-0.4, -0.2) is 5.11 Å². The summed E-state index contributed by atoms with van der Waals surface area (Å²) in [6, 6.07) is 8.63. The van der Waals surface area contributed by atoms with Gasteiger partial charge in [-0.1, -0.05) is 44.5 Å². The zero-order valence-electron chi connectivity index (χ0n) is 10.4. The Bertz CT molecular complexity index is 331. The molecule has 1 aliphatic rings. The highest BCUT2D eigenvalue weighted by Gasteiger charge is 2.25. The minimum atomic E-state index is -0.627. The quantitative estimate of drug-likeness (QED) is 0.811. The van der Waals surface area contributed by atoms with Gasteiger partial charge in [-0.2, -0.15) is 0 Å². The van der Waals surface area contributed by atoms with Crippen molar-refractivity contribution in [1.29, 1.82) is 0 Å². The van der Waals surface area contributed by atoms with Crippen LogP contribution in [0, 0.1) is 0 Å². The molecule has 0 amide bonds. The summed E-state index contributed by atoms with van der Waals surface area (Å²) in [5.41, 5.74) is 1.89. The van der Waals surface area contributed by atoms with Crippen LogP contribution in [-0.2, 0) is 5.60 Å². The van der Waals surface area contributed by atoms with E-state index < -0.39 is 5.60 Å². The molecule has 0 atom stereocenters. The molecule has 0 aromatic heterocycles. The van der Waals surface area contributed by atoms with Gasteiger partial charge in [-0.15, -0.1) is 0 Å². The molecule has 0 bridgehead atoms. The highest BCUT2D eigenvalue weighted by molar-refractivity contribution is 5.30. The van der Waals surface area contributed by atoms with Gasteiger partial charge >= 0.3 is 0 Å². The third-order valence-electron chi connectivity index (χ3n) is 4.19. The van der Waals surface area contributed by atoms with Gasteiger partial charge < -0.3 is 5.11 Å². The number of rotatable bonds is 4. The first-order chi connectivity index (χ1) is 7.69.